The number of nitrogens with zero attached hydrogens (tertiary/aromatic N) is 2. The Hall–Kier alpha value is -3.04. The van der Waals surface area contributed by atoms with Gasteiger partial charge in [-0.3, -0.25) is 4.79 Å². The van der Waals surface area contributed by atoms with Gasteiger partial charge < -0.3 is 19.7 Å². The van der Waals surface area contributed by atoms with Crippen LogP contribution in [0.5, 0.6) is 5.75 Å². The molecule has 3 rings (SSSR count). The van der Waals surface area contributed by atoms with Gasteiger partial charge in [0.05, 0.1) is 23.4 Å². The Labute approximate surface area is 194 Å². The number of methoxy groups -OCH3 is 2. The number of sulfonamides is 1. The van der Waals surface area contributed by atoms with E-state index in [-0.39, 0.29) is 5.69 Å². The van der Waals surface area contributed by atoms with Crippen LogP contribution in [0.3, 0.4) is 0 Å². The van der Waals surface area contributed by atoms with E-state index >= 15 is 0 Å². The third kappa shape index (κ3) is 4.63. The van der Waals surface area contributed by atoms with E-state index in [0.29, 0.717) is 11.0 Å². The van der Waals surface area contributed by atoms with Crippen molar-refractivity contribution in [1.82, 2.24) is 4.98 Å². The number of rotatable bonds is 6. The standard InChI is InChI=1S/C19H19F5N4O5S/c1-32-16-12(4-3-11(20)15(16)21)28-9-18(33-2,19(22,23)24)8-13(28)17(29)27-10-5-6-26-14(7-10)34(25,30)31/h3-7,13H,8-9H2,1-2H3,(H2,25,30,31)(H,26,27,29)/i1D3. The van der Waals surface area contributed by atoms with E-state index in [0.717, 1.165) is 31.5 Å². The molecule has 2 unspecified atom stereocenters. The van der Waals surface area contributed by atoms with Gasteiger partial charge in [-0.1, -0.05) is 0 Å². The van der Waals surface area contributed by atoms with Gasteiger partial charge in [0.25, 0.3) is 10.0 Å². The van der Waals surface area contributed by atoms with E-state index < -0.39 is 81.9 Å². The first-order valence-corrected chi connectivity index (χ1v) is 10.8. The topological polar surface area (TPSA) is 124 Å². The predicted octanol–water partition coefficient (Wildman–Crippen LogP) is 2.18. The Morgan fingerprint density at radius 2 is 2.06 bits per heavy atom. The van der Waals surface area contributed by atoms with Crippen molar-refractivity contribution < 1.29 is 48.8 Å². The average Bonchev–Trinajstić information content (AvgIpc) is 3.17. The number of hydrogen-bond donors (Lipinski definition) is 2. The summed E-state index contributed by atoms with van der Waals surface area (Å²) in [5, 5.41) is 6.56. The lowest BCUT2D eigenvalue weighted by Crippen LogP contribution is -2.49. The number of nitrogens with two attached hydrogens (primary N) is 1. The fourth-order valence-corrected chi connectivity index (χ4v) is 4.04. The zero-order chi connectivity index (χ0) is 28.0. The Morgan fingerprint density at radius 3 is 2.65 bits per heavy atom. The number of alkyl halides is 3. The highest BCUT2D eigenvalue weighted by molar-refractivity contribution is 7.89. The molecule has 0 aliphatic carbocycles. The summed E-state index contributed by atoms with van der Waals surface area (Å²) < 4.78 is 125. The van der Waals surface area contributed by atoms with Gasteiger partial charge in [0.2, 0.25) is 11.7 Å². The molecule has 0 radical (unpaired) electrons. The van der Waals surface area contributed by atoms with Gasteiger partial charge >= 0.3 is 6.18 Å². The minimum atomic E-state index is -5.06. The van der Waals surface area contributed by atoms with Crippen molar-refractivity contribution in [3.63, 3.8) is 0 Å². The Balaban J connectivity index is 2.11. The molecule has 2 aromatic rings. The fourth-order valence-electron chi connectivity index (χ4n) is 3.54. The molecule has 1 aromatic carbocycles. The number of ether oxygens (including phenoxy) is 2. The molecule has 0 saturated carbocycles. The molecular weight excluding hydrogens is 491 g/mol. The third-order valence-corrected chi connectivity index (χ3v) is 6.08. The van der Waals surface area contributed by atoms with Gasteiger partial charge in [-0.05, 0) is 18.2 Å². The van der Waals surface area contributed by atoms with Crippen molar-refractivity contribution in [2.24, 2.45) is 5.14 Å². The number of nitrogens with one attached hydrogen (secondary N) is 1. The summed E-state index contributed by atoms with van der Waals surface area (Å²) in [6, 6.07) is 1.44. The third-order valence-electron chi connectivity index (χ3n) is 5.27. The number of halogens is 5. The highest BCUT2D eigenvalue weighted by Gasteiger charge is 2.63. The number of anilines is 2. The van der Waals surface area contributed by atoms with E-state index in [4.69, 9.17) is 14.0 Å². The first-order valence-electron chi connectivity index (χ1n) is 10.7. The summed E-state index contributed by atoms with van der Waals surface area (Å²) in [5.41, 5.74) is -3.87. The second-order valence-electron chi connectivity index (χ2n) is 7.27. The minimum Gasteiger partial charge on any atom is -0.491 e. The zero-order valence-corrected chi connectivity index (χ0v) is 18.0. The van der Waals surface area contributed by atoms with Crippen molar-refractivity contribution in [3.05, 3.63) is 42.1 Å². The van der Waals surface area contributed by atoms with Gasteiger partial charge in [-0.2, -0.15) is 17.6 Å². The van der Waals surface area contributed by atoms with E-state index in [1.165, 1.54) is 0 Å². The highest BCUT2D eigenvalue weighted by Crippen LogP contribution is 2.47. The molecule has 1 amide bonds. The fraction of sp³-hybridized carbons (Fsp3) is 0.368. The van der Waals surface area contributed by atoms with Crippen molar-refractivity contribution in [1.29, 1.82) is 0 Å². The summed E-state index contributed by atoms with van der Waals surface area (Å²) in [4.78, 5) is 17.3. The van der Waals surface area contributed by atoms with Gasteiger partial charge in [0, 0.05) is 31.5 Å². The summed E-state index contributed by atoms with van der Waals surface area (Å²) in [7, 11) is -6.89. The summed E-state index contributed by atoms with van der Waals surface area (Å²) in [6.07, 6.45) is -5.15. The molecule has 34 heavy (non-hydrogen) atoms. The van der Waals surface area contributed by atoms with E-state index in [1.807, 2.05) is 0 Å². The Morgan fingerprint density at radius 1 is 1.35 bits per heavy atom. The number of carbonyl (C=O) groups is 1. The van der Waals surface area contributed by atoms with Crippen LogP contribution in [0, 0.1) is 11.6 Å². The van der Waals surface area contributed by atoms with Crippen molar-refractivity contribution in [2.75, 3.05) is 30.9 Å². The molecule has 2 atom stereocenters. The maximum absolute atomic E-state index is 14.6. The number of aromatic nitrogens is 1. The number of pyridine rings is 1. The largest absolute Gasteiger partial charge is 0.491 e. The first-order chi connectivity index (χ1) is 16.9. The first kappa shape index (κ1) is 21.5. The molecule has 1 aromatic heterocycles. The quantitative estimate of drug-likeness (QED) is 0.568. The predicted molar refractivity (Wildman–Crippen MR) is 109 cm³/mol. The lowest BCUT2D eigenvalue weighted by atomic mass is 9.99. The Bertz CT molecular complexity index is 1310. The van der Waals surface area contributed by atoms with Crippen LogP contribution >= 0.6 is 0 Å². The van der Waals surface area contributed by atoms with Crippen LogP contribution in [0.2, 0.25) is 0 Å². The second kappa shape index (κ2) is 8.96. The summed E-state index contributed by atoms with van der Waals surface area (Å²) in [6.45, 7) is -1.13. The second-order valence-corrected chi connectivity index (χ2v) is 8.78. The number of hydrogen-bond acceptors (Lipinski definition) is 7. The molecule has 9 nitrogen and oxygen atoms in total. The monoisotopic (exact) mass is 513 g/mol. The molecule has 1 aliphatic heterocycles. The van der Waals surface area contributed by atoms with Crippen LogP contribution in [0.1, 0.15) is 10.5 Å². The molecule has 1 saturated heterocycles. The zero-order valence-electron chi connectivity index (χ0n) is 20.2. The number of carbonyl (C=O) groups excluding carboxylic acids is 1. The van der Waals surface area contributed by atoms with Crippen molar-refractivity contribution in [2.45, 2.75) is 29.3 Å². The minimum absolute atomic E-state index is 0.213. The van der Waals surface area contributed by atoms with Crippen molar-refractivity contribution in [3.8, 4) is 5.75 Å². The van der Waals surface area contributed by atoms with Gasteiger partial charge in [-0.15, -0.1) is 0 Å². The Kier molecular flexibility index (Phi) is 5.66. The molecule has 186 valence electrons. The number of primary sulfonamides is 1. The van der Waals surface area contributed by atoms with Crippen LogP contribution in [0.4, 0.5) is 33.3 Å². The molecule has 2 heterocycles. The van der Waals surface area contributed by atoms with E-state index in [2.05, 4.69) is 15.0 Å². The molecule has 15 heteroatoms. The molecule has 0 bridgehead atoms. The normalized spacial score (nSPS) is 22.6. The average molecular weight is 513 g/mol. The van der Waals surface area contributed by atoms with Crippen LogP contribution in [0.25, 0.3) is 0 Å². The van der Waals surface area contributed by atoms with Crippen LogP contribution < -0.4 is 20.1 Å². The SMILES string of the molecule is [2H]C([2H])([2H])Oc1c(N2CC(OC)(C(F)(F)F)CC2C(=O)Nc2ccnc(S(N)(=O)=O)c2)ccc(F)c1F. The molecule has 3 N–H and O–H groups in total. The van der Waals surface area contributed by atoms with Gasteiger partial charge in [-0.25, -0.2) is 22.9 Å². The van der Waals surface area contributed by atoms with Gasteiger partial charge in [0.1, 0.15) is 6.04 Å². The molecule has 1 fully saturated rings. The summed E-state index contributed by atoms with van der Waals surface area (Å²) in [5.74, 6) is -5.75. The molecule has 0 spiro atoms. The summed E-state index contributed by atoms with van der Waals surface area (Å²) >= 11 is 0. The lowest BCUT2D eigenvalue weighted by Gasteiger charge is -2.31. The number of amides is 1. The molecule has 1 aliphatic rings. The van der Waals surface area contributed by atoms with E-state index in [9.17, 15) is 35.2 Å². The van der Waals surface area contributed by atoms with Crippen LogP contribution in [0.15, 0.2) is 35.5 Å². The number of benzene rings is 1. The van der Waals surface area contributed by atoms with E-state index in [1.54, 1.807) is 0 Å². The van der Waals surface area contributed by atoms with Crippen LogP contribution in [-0.2, 0) is 19.6 Å². The highest BCUT2D eigenvalue weighted by atomic mass is 32.2. The maximum Gasteiger partial charge on any atom is 0.419 e. The maximum atomic E-state index is 14.6. The lowest BCUT2D eigenvalue weighted by molar-refractivity contribution is -0.261. The molecular formula is C19H19F5N4O5S. The van der Waals surface area contributed by atoms with Gasteiger partial charge in [0.15, 0.2) is 22.2 Å². The van der Waals surface area contributed by atoms with Crippen LogP contribution in [-0.4, -0.2) is 57.8 Å². The smallest absolute Gasteiger partial charge is 0.419 e. The van der Waals surface area contributed by atoms with Crippen molar-refractivity contribution >= 4 is 27.3 Å².